The number of rotatable bonds is 8. The molecule has 4 nitrogen and oxygen atoms in total. The maximum atomic E-state index is 5.52. The number of hydrogen-bond acceptors (Lipinski definition) is 4. The smallest absolute Gasteiger partial charge is 0.0593 e. The van der Waals surface area contributed by atoms with E-state index in [0.717, 1.165) is 32.7 Å². The topological polar surface area (TPSA) is 41.7 Å². The van der Waals surface area contributed by atoms with Crippen molar-refractivity contribution in [1.82, 2.24) is 9.80 Å². The quantitative estimate of drug-likeness (QED) is 0.639. The molecular formula is C13H29N3O. The molecule has 0 aromatic rings. The van der Waals surface area contributed by atoms with Crippen molar-refractivity contribution < 1.29 is 4.74 Å². The van der Waals surface area contributed by atoms with Crippen LogP contribution in [-0.2, 0) is 4.74 Å². The Bertz CT molecular complexity index is 160. The van der Waals surface area contributed by atoms with Crippen molar-refractivity contribution in [3.63, 3.8) is 0 Å². The zero-order chi connectivity index (χ0) is 12.3. The molecule has 0 aliphatic carbocycles. The van der Waals surface area contributed by atoms with Gasteiger partial charge in [-0.15, -0.1) is 0 Å². The molecule has 102 valence electrons. The van der Waals surface area contributed by atoms with Gasteiger partial charge in [-0.2, -0.15) is 0 Å². The molecule has 2 N–H and O–H groups in total. The molecule has 1 fully saturated rings. The minimum Gasteiger partial charge on any atom is -0.380 e. The molecule has 1 aliphatic rings. The largest absolute Gasteiger partial charge is 0.380 e. The van der Waals surface area contributed by atoms with Gasteiger partial charge in [-0.1, -0.05) is 0 Å². The number of hydrogen-bond donors (Lipinski definition) is 1. The highest BCUT2D eigenvalue weighted by molar-refractivity contribution is 4.69. The van der Waals surface area contributed by atoms with Gasteiger partial charge in [-0.25, -0.2) is 0 Å². The first-order chi connectivity index (χ1) is 8.36. The molecule has 0 unspecified atom stereocenters. The summed E-state index contributed by atoms with van der Waals surface area (Å²) in [7, 11) is 0. The average Bonchev–Trinajstić information content (AvgIpc) is 2.56. The van der Waals surface area contributed by atoms with Crippen molar-refractivity contribution >= 4 is 0 Å². The van der Waals surface area contributed by atoms with Crippen LogP contribution >= 0.6 is 0 Å². The van der Waals surface area contributed by atoms with Crippen LogP contribution in [-0.4, -0.2) is 68.8 Å². The summed E-state index contributed by atoms with van der Waals surface area (Å²) < 4.78 is 5.41. The molecule has 0 bridgehead atoms. The minimum absolute atomic E-state index is 0.828. The SMILES string of the molecule is CCOCCN1CCCN(CCCCN)CC1. The fourth-order valence-corrected chi connectivity index (χ4v) is 2.29. The molecule has 1 heterocycles. The van der Waals surface area contributed by atoms with E-state index in [-0.39, 0.29) is 0 Å². The first kappa shape index (κ1) is 14.9. The predicted molar refractivity (Wildman–Crippen MR) is 72.3 cm³/mol. The standard InChI is InChI=1S/C13H29N3O/c1-2-17-13-12-16-9-5-8-15(10-11-16)7-4-3-6-14/h2-14H2,1H3. The van der Waals surface area contributed by atoms with Gasteiger partial charge in [-0.3, -0.25) is 4.90 Å². The summed E-state index contributed by atoms with van der Waals surface area (Å²) in [5, 5.41) is 0. The Morgan fingerprint density at radius 3 is 2.35 bits per heavy atom. The van der Waals surface area contributed by atoms with Crippen LogP contribution in [0, 0.1) is 0 Å². The second kappa shape index (κ2) is 9.83. The van der Waals surface area contributed by atoms with E-state index in [1.807, 2.05) is 0 Å². The van der Waals surface area contributed by atoms with Crippen LogP contribution in [0.2, 0.25) is 0 Å². The van der Waals surface area contributed by atoms with Crippen LogP contribution in [0.3, 0.4) is 0 Å². The Balaban J connectivity index is 2.11. The van der Waals surface area contributed by atoms with Crippen LogP contribution in [0.4, 0.5) is 0 Å². The Morgan fingerprint density at radius 2 is 1.71 bits per heavy atom. The van der Waals surface area contributed by atoms with Crippen LogP contribution in [0.1, 0.15) is 26.2 Å². The highest BCUT2D eigenvalue weighted by atomic mass is 16.5. The van der Waals surface area contributed by atoms with Crippen molar-refractivity contribution in [3.05, 3.63) is 0 Å². The average molecular weight is 243 g/mol. The van der Waals surface area contributed by atoms with Crippen LogP contribution in [0.25, 0.3) is 0 Å². The molecule has 0 aromatic heterocycles. The lowest BCUT2D eigenvalue weighted by molar-refractivity contribution is 0.114. The molecule has 1 rings (SSSR count). The third kappa shape index (κ3) is 6.99. The molecule has 0 saturated carbocycles. The van der Waals surface area contributed by atoms with E-state index in [2.05, 4.69) is 16.7 Å². The highest BCUT2D eigenvalue weighted by Gasteiger charge is 2.13. The molecule has 0 radical (unpaired) electrons. The van der Waals surface area contributed by atoms with Gasteiger partial charge in [0.1, 0.15) is 0 Å². The van der Waals surface area contributed by atoms with Gasteiger partial charge in [-0.05, 0) is 52.4 Å². The fraction of sp³-hybridized carbons (Fsp3) is 1.00. The number of nitrogens with zero attached hydrogens (tertiary/aromatic N) is 2. The van der Waals surface area contributed by atoms with Crippen molar-refractivity contribution in [2.24, 2.45) is 5.73 Å². The third-order valence-electron chi connectivity index (χ3n) is 3.37. The van der Waals surface area contributed by atoms with Gasteiger partial charge in [0.15, 0.2) is 0 Å². The molecule has 17 heavy (non-hydrogen) atoms. The summed E-state index contributed by atoms with van der Waals surface area (Å²) >= 11 is 0. The zero-order valence-electron chi connectivity index (χ0n) is 11.4. The summed E-state index contributed by atoms with van der Waals surface area (Å²) in [6.45, 7) is 11.8. The van der Waals surface area contributed by atoms with Crippen molar-refractivity contribution in [3.8, 4) is 0 Å². The summed E-state index contributed by atoms with van der Waals surface area (Å²) in [6.07, 6.45) is 3.69. The molecule has 0 aromatic carbocycles. The van der Waals surface area contributed by atoms with Crippen LogP contribution in [0.15, 0.2) is 0 Å². The number of unbranched alkanes of at least 4 members (excludes halogenated alkanes) is 1. The van der Waals surface area contributed by atoms with Crippen LogP contribution in [0.5, 0.6) is 0 Å². The zero-order valence-corrected chi connectivity index (χ0v) is 11.4. The van der Waals surface area contributed by atoms with Gasteiger partial charge in [0.25, 0.3) is 0 Å². The Morgan fingerprint density at radius 1 is 1.00 bits per heavy atom. The first-order valence-corrected chi connectivity index (χ1v) is 7.09. The summed E-state index contributed by atoms with van der Waals surface area (Å²) in [4.78, 5) is 5.11. The van der Waals surface area contributed by atoms with Gasteiger partial charge in [0.2, 0.25) is 0 Å². The van der Waals surface area contributed by atoms with E-state index in [0.29, 0.717) is 0 Å². The molecule has 0 spiro atoms. The maximum absolute atomic E-state index is 5.52. The number of nitrogens with two attached hydrogens (primary N) is 1. The molecule has 1 aliphatic heterocycles. The monoisotopic (exact) mass is 243 g/mol. The van der Waals surface area contributed by atoms with Gasteiger partial charge < -0.3 is 15.4 Å². The molecular weight excluding hydrogens is 214 g/mol. The third-order valence-corrected chi connectivity index (χ3v) is 3.37. The van der Waals surface area contributed by atoms with Crippen molar-refractivity contribution in [1.29, 1.82) is 0 Å². The predicted octanol–water partition coefficient (Wildman–Crippen LogP) is 0.770. The van der Waals surface area contributed by atoms with Crippen LogP contribution < -0.4 is 5.73 Å². The lowest BCUT2D eigenvalue weighted by atomic mass is 10.3. The van der Waals surface area contributed by atoms with E-state index < -0.39 is 0 Å². The lowest BCUT2D eigenvalue weighted by Gasteiger charge is -2.21. The van der Waals surface area contributed by atoms with Gasteiger partial charge in [0.05, 0.1) is 6.61 Å². The molecule has 0 amide bonds. The highest BCUT2D eigenvalue weighted by Crippen LogP contribution is 2.04. The Kier molecular flexibility index (Phi) is 8.61. The van der Waals surface area contributed by atoms with E-state index in [4.69, 9.17) is 10.5 Å². The van der Waals surface area contributed by atoms with Crippen molar-refractivity contribution in [2.45, 2.75) is 26.2 Å². The van der Waals surface area contributed by atoms with Crippen molar-refractivity contribution in [2.75, 3.05) is 59.0 Å². The Labute approximate surface area is 106 Å². The lowest BCUT2D eigenvalue weighted by Crippen LogP contribution is -2.33. The fourth-order valence-electron chi connectivity index (χ4n) is 2.29. The molecule has 0 atom stereocenters. The molecule has 1 saturated heterocycles. The summed E-state index contributed by atoms with van der Waals surface area (Å²) in [5.74, 6) is 0. The summed E-state index contributed by atoms with van der Waals surface area (Å²) in [6, 6.07) is 0. The van der Waals surface area contributed by atoms with E-state index in [9.17, 15) is 0 Å². The number of ether oxygens (including phenoxy) is 1. The summed E-state index contributed by atoms with van der Waals surface area (Å²) in [5.41, 5.74) is 5.52. The second-order valence-electron chi connectivity index (χ2n) is 4.73. The first-order valence-electron chi connectivity index (χ1n) is 7.09. The second-order valence-corrected chi connectivity index (χ2v) is 4.73. The van der Waals surface area contributed by atoms with E-state index in [1.165, 1.54) is 45.6 Å². The van der Waals surface area contributed by atoms with E-state index in [1.54, 1.807) is 0 Å². The normalized spacial score (nSPS) is 19.4. The molecule has 4 heteroatoms. The van der Waals surface area contributed by atoms with Gasteiger partial charge in [0, 0.05) is 26.2 Å². The minimum atomic E-state index is 0.828. The maximum Gasteiger partial charge on any atom is 0.0593 e. The van der Waals surface area contributed by atoms with E-state index >= 15 is 0 Å². The Hall–Kier alpha value is -0.160. The van der Waals surface area contributed by atoms with Gasteiger partial charge >= 0.3 is 0 Å².